The molecule has 0 bridgehead atoms. The van der Waals surface area contributed by atoms with E-state index in [1.807, 2.05) is 0 Å². The molecule has 0 aliphatic rings. The molecule has 0 N–H and O–H groups in total. The van der Waals surface area contributed by atoms with Crippen molar-refractivity contribution in [1.82, 2.24) is 0 Å². The van der Waals surface area contributed by atoms with Crippen LogP contribution in [0.1, 0.15) is 17.0 Å². The van der Waals surface area contributed by atoms with Crippen LogP contribution in [0.15, 0.2) is 0 Å². The molecule has 2 rings (SSSR count). The molecule has 0 aliphatic heterocycles. The Morgan fingerprint density at radius 3 is 0.840 bits per heavy atom. The normalized spacial score (nSPS) is 11.5. The number of rotatable bonds is 3. The van der Waals surface area contributed by atoms with Crippen LogP contribution in [-0.2, 0) is 0 Å². The quantitative estimate of drug-likeness (QED) is 0.177. The second-order valence-corrected chi connectivity index (χ2v) is 9.52. The monoisotopic (exact) mass is 642 g/mol. The zero-order chi connectivity index (χ0) is 19.2. The van der Waals surface area contributed by atoms with Crippen LogP contribution in [0.25, 0.3) is 0 Å². The fraction of sp³-hybridized carbons (Fsp3) is 0.143. The Hall–Kier alpha value is 2.16. The first-order valence-electron chi connectivity index (χ1n) is 6.19. The zero-order valence-corrected chi connectivity index (χ0v) is 21.6. The fourth-order valence-electron chi connectivity index (χ4n) is 2.18. The van der Waals surface area contributed by atoms with Crippen LogP contribution < -0.4 is 0 Å². The van der Waals surface area contributed by atoms with Crippen molar-refractivity contribution in [2.24, 2.45) is 0 Å². The van der Waals surface area contributed by atoms with Crippen LogP contribution in [0.5, 0.6) is 0 Å². The van der Waals surface area contributed by atoms with E-state index in [9.17, 15) is 0 Å². The molecule has 0 saturated carbocycles. The first-order valence-corrected chi connectivity index (χ1v) is 11.8. The fourth-order valence-corrected chi connectivity index (χ4v) is 6.06. The van der Waals surface area contributed by atoms with Crippen molar-refractivity contribution in [2.75, 3.05) is 0 Å². The first kappa shape index (κ1) is 23.4. The van der Waals surface area contributed by atoms with E-state index in [0.29, 0.717) is 15.5 Å². The summed E-state index contributed by atoms with van der Waals surface area (Å²) in [6, 6.07) is 0. The molecule has 134 valence electrons. The Balaban J connectivity index is 2.90. The van der Waals surface area contributed by atoms with Crippen LogP contribution in [0, 0.1) is 0 Å². The molecule has 0 aliphatic carbocycles. The third-order valence-corrected chi connectivity index (χ3v) is 9.02. The van der Waals surface area contributed by atoms with Crippen LogP contribution in [0.2, 0.25) is 54.6 Å². The van der Waals surface area contributed by atoms with Crippen molar-refractivity contribution < 1.29 is 0 Å². The Morgan fingerprint density at radius 1 is 0.440 bits per heavy atom. The van der Waals surface area contributed by atoms with Crippen molar-refractivity contribution in [3.8, 4) is 0 Å². The maximum atomic E-state index is 6.38. The van der Waals surface area contributed by atoms with E-state index in [4.69, 9.17) is 116 Å². The maximum absolute atomic E-state index is 6.38. The van der Waals surface area contributed by atoms with Gasteiger partial charge < -0.3 is 0 Å². The van der Waals surface area contributed by atoms with E-state index in [0.717, 1.165) is 0 Å². The number of halogens is 10. The third-order valence-electron chi connectivity index (χ3n) is 3.37. The van der Waals surface area contributed by atoms with Crippen LogP contribution in [-0.4, -0.2) is 23.0 Å². The van der Waals surface area contributed by atoms with Gasteiger partial charge in [-0.3, -0.25) is 0 Å². The summed E-state index contributed by atoms with van der Waals surface area (Å²) in [5.41, 5.74) is 0.865. The average molecular weight is 647 g/mol. The number of hydrogen-bond donors (Lipinski definition) is 0. The van der Waals surface area contributed by atoms with E-state index in [1.54, 1.807) is 0 Å². The standard InChI is InChI=1S/C14H3Cl10.Sb/c1-2(3-5(15)9(19)13(23)10(20)6(3)16)4-7(17)11(21)14(24)12(22)8(4)18;/h2H,1H2;. The van der Waals surface area contributed by atoms with Gasteiger partial charge >= 0.3 is 211 Å². The summed E-state index contributed by atoms with van der Waals surface area (Å²) in [7, 11) is 0. The Morgan fingerprint density at radius 2 is 0.640 bits per heavy atom. The van der Waals surface area contributed by atoms with Gasteiger partial charge in [-0.05, 0) is 0 Å². The second kappa shape index (κ2) is 9.32. The van der Waals surface area contributed by atoms with Crippen LogP contribution in [0.4, 0.5) is 0 Å². The molecule has 0 saturated heterocycles. The van der Waals surface area contributed by atoms with E-state index in [-0.39, 0.29) is 50.2 Å². The van der Waals surface area contributed by atoms with E-state index < -0.39 is 5.92 Å². The van der Waals surface area contributed by atoms with E-state index in [2.05, 4.69) is 0 Å². The summed E-state index contributed by atoms with van der Waals surface area (Å²) >= 11 is 63.8. The first-order chi connectivity index (χ1) is 11.6. The topological polar surface area (TPSA) is 0 Å². The van der Waals surface area contributed by atoms with Crippen molar-refractivity contribution in [1.29, 1.82) is 0 Å². The van der Waals surface area contributed by atoms with Gasteiger partial charge in [0.2, 0.25) is 0 Å². The average Bonchev–Trinajstić information content (AvgIpc) is 2.60. The molecule has 0 unspecified atom stereocenters. The van der Waals surface area contributed by atoms with Crippen molar-refractivity contribution >= 4 is 139 Å². The Kier molecular flexibility index (Phi) is 8.73. The molecule has 0 atom stereocenters. The molecule has 2 radical (unpaired) electrons. The Bertz CT molecular complexity index is 736. The molecular formula is C14H3Cl10Sb. The van der Waals surface area contributed by atoms with Gasteiger partial charge in [-0.1, -0.05) is 0 Å². The summed E-state index contributed by atoms with van der Waals surface area (Å²) < 4.78 is 0.538. The van der Waals surface area contributed by atoms with Crippen LogP contribution >= 0.6 is 116 Å². The molecule has 2 aromatic rings. The van der Waals surface area contributed by atoms with Gasteiger partial charge in [-0.2, -0.15) is 0 Å². The van der Waals surface area contributed by atoms with Crippen molar-refractivity contribution in [3.05, 3.63) is 61.4 Å². The molecular weight excluding hydrogens is 644 g/mol. The van der Waals surface area contributed by atoms with Crippen LogP contribution in [0.3, 0.4) is 0 Å². The minimum atomic E-state index is -0.478. The third kappa shape index (κ3) is 4.22. The number of hydrogen-bond acceptors (Lipinski definition) is 0. The minimum absolute atomic E-state index is 0.0608. The summed E-state index contributed by atoms with van der Waals surface area (Å²) in [6.07, 6.45) is 0. The zero-order valence-electron chi connectivity index (χ0n) is 11.5. The molecule has 0 amide bonds. The Labute approximate surface area is 208 Å². The second-order valence-electron chi connectivity index (χ2n) is 4.70. The SMILES string of the molecule is Clc1c(Cl)c(Cl)c(C([CH2][Sb])c2c(Cl)c(Cl)c(Cl)c(Cl)c2Cl)c(Cl)c1Cl. The van der Waals surface area contributed by atoms with Gasteiger partial charge in [-0.25, -0.2) is 0 Å². The molecule has 0 heterocycles. The van der Waals surface area contributed by atoms with E-state index >= 15 is 0 Å². The van der Waals surface area contributed by atoms with Crippen molar-refractivity contribution in [2.45, 2.75) is 10.3 Å². The summed E-state index contributed by atoms with van der Waals surface area (Å²) in [4.78, 5) is 0. The van der Waals surface area contributed by atoms with Gasteiger partial charge in [0, 0.05) is 0 Å². The molecule has 0 aromatic heterocycles. The summed E-state index contributed by atoms with van der Waals surface area (Å²) in [5.74, 6) is -0.478. The van der Waals surface area contributed by atoms with Gasteiger partial charge in [0.1, 0.15) is 0 Å². The van der Waals surface area contributed by atoms with Gasteiger partial charge in [0.15, 0.2) is 0 Å². The molecule has 2 aromatic carbocycles. The molecule has 0 spiro atoms. The van der Waals surface area contributed by atoms with Crippen molar-refractivity contribution in [3.63, 3.8) is 0 Å². The van der Waals surface area contributed by atoms with Gasteiger partial charge in [-0.15, -0.1) is 0 Å². The van der Waals surface area contributed by atoms with Gasteiger partial charge in [0.25, 0.3) is 0 Å². The van der Waals surface area contributed by atoms with Gasteiger partial charge in [0.05, 0.1) is 0 Å². The molecule has 0 fully saturated rings. The summed E-state index contributed by atoms with van der Waals surface area (Å²) in [5, 5.41) is 1.03. The van der Waals surface area contributed by atoms with E-state index in [1.165, 1.54) is 23.0 Å². The molecule has 25 heavy (non-hydrogen) atoms. The predicted molar refractivity (Wildman–Crippen MR) is 115 cm³/mol. The molecule has 11 heteroatoms. The predicted octanol–water partition coefficient (Wildman–Crippen LogP) is 9.94. The summed E-state index contributed by atoms with van der Waals surface area (Å²) in [6.45, 7) is 0. The molecule has 0 nitrogen and oxygen atoms in total. The number of benzene rings is 2.